The van der Waals surface area contributed by atoms with Crippen molar-refractivity contribution in [2.75, 3.05) is 30.0 Å². The van der Waals surface area contributed by atoms with Crippen molar-refractivity contribution in [1.82, 2.24) is 10.3 Å². The quantitative estimate of drug-likeness (QED) is 0.807. The summed E-state index contributed by atoms with van der Waals surface area (Å²) < 4.78 is 23.1. The Morgan fingerprint density at radius 1 is 1.62 bits per heavy atom. The van der Waals surface area contributed by atoms with Gasteiger partial charge in [-0.2, -0.15) is 0 Å². The van der Waals surface area contributed by atoms with E-state index in [0.717, 1.165) is 5.69 Å². The van der Waals surface area contributed by atoms with Crippen molar-refractivity contribution in [1.29, 1.82) is 0 Å². The number of rotatable bonds is 5. The minimum absolute atomic E-state index is 0.0542. The normalized spacial score (nSPS) is 20.0. The Bertz CT molecular complexity index is 643. The zero-order valence-electron chi connectivity index (χ0n) is 11.9. The molecule has 1 aliphatic heterocycles. The molecule has 0 spiro atoms. The van der Waals surface area contributed by atoms with E-state index in [9.17, 15) is 13.2 Å². The van der Waals surface area contributed by atoms with Crippen LogP contribution in [0, 0.1) is 0 Å². The maximum Gasteiger partial charge on any atom is 0.270 e. The second kappa shape index (κ2) is 6.26. The number of sulfone groups is 1. The van der Waals surface area contributed by atoms with Crippen molar-refractivity contribution in [3.63, 3.8) is 0 Å². The van der Waals surface area contributed by atoms with Crippen LogP contribution in [0.5, 0.6) is 0 Å². The molecular formula is C14H19N3O3S. The van der Waals surface area contributed by atoms with Crippen LogP contribution in [-0.2, 0) is 9.84 Å². The maximum absolute atomic E-state index is 11.9. The van der Waals surface area contributed by atoms with Crippen molar-refractivity contribution in [3.05, 3.63) is 36.7 Å². The summed E-state index contributed by atoms with van der Waals surface area (Å²) in [6.07, 6.45) is 3.76. The highest BCUT2D eigenvalue weighted by Gasteiger charge is 2.31. The largest absolute Gasteiger partial charge is 0.370 e. The molecule has 1 saturated heterocycles. The monoisotopic (exact) mass is 309 g/mol. The van der Waals surface area contributed by atoms with E-state index in [1.54, 1.807) is 24.4 Å². The lowest BCUT2D eigenvalue weighted by molar-refractivity contribution is 0.0953. The number of nitrogens with one attached hydrogen (secondary N) is 1. The third-order valence-electron chi connectivity index (χ3n) is 3.55. The molecule has 1 N–H and O–H groups in total. The van der Waals surface area contributed by atoms with Crippen LogP contribution in [0.15, 0.2) is 31.0 Å². The molecule has 6 nitrogen and oxygen atoms in total. The molecule has 0 aliphatic carbocycles. The summed E-state index contributed by atoms with van der Waals surface area (Å²) in [5, 5.41) is 2.66. The Morgan fingerprint density at radius 3 is 3.00 bits per heavy atom. The van der Waals surface area contributed by atoms with Gasteiger partial charge in [-0.1, -0.05) is 6.08 Å². The summed E-state index contributed by atoms with van der Waals surface area (Å²) >= 11 is 0. The highest BCUT2D eigenvalue weighted by molar-refractivity contribution is 7.91. The van der Waals surface area contributed by atoms with Crippen molar-refractivity contribution < 1.29 is 13.2 Å². The number of hydrogen-bond donors (Lipinski definition) is 1. The molecule has 114 valence electrons. The van der Waals surface area contributed by atoms with Crippen molar-refractivity contribution in [2.45, 2.75) is 12.5 Å². The number of carbonyl (C=O) groups excluding carboxylic acids is 1. The fourth-order valence-corrected chi connectivity index (χ4v) is 4.08. The average Bonchev–Trinajstić information content (AvgIpc) is 2.84. The number of pyridine rings is 1. The highest BCUT2D eigenvalue weighted by atomic mass is 32.2. The van der Waals surface area contributed by atoms with Gasteiger partial charge in [0.15, 0.2) is 9.84 Å². The molecular weight excluding hydrogens is 290 g/mol. The number of hydrogen-bond acceptors (Lipinski definition) is 5. The Balaban J connectivity index is 2.13. The van der Waals surface area contributed by atoms with Gasteiger partial charge in [0, 0.05) is 31.5 Å². The Kier molecular flexibility index (Phi) is 4.62. The number of aromatic nitrogens is 1. The molecule has 0 radical (unpaired) electrons. The molecule has 1 amide bonds. The molecule has 0 aromatic carbocycles. The molecule has 1 unspecified atom stereocenters. The second-order valence-corrected chi connectivity index (χ2v) is 7.29. The van der Waals surface area contributed by atoms with Crippen LogP contribution in [0.2, 0.25) is 0 Å². The van der Waals surface area contributed by atoms with Crippen molar-refractivity contribution in [3.8, 4) is 0 Å². The van der Waals surface area contributed by atoms with Gasteiger partial charge in [-0.05, 0) is 18.6 Å². The molecule has 1 aliphatic rings. The lowest BCUT2D eigenvalue weighted by Crippen LogP contribution is -2.33. The van der Waals surface area contributed by atoms with Crippen LogP contribution >= 0.6 is 0 Å². The minimum atomic E-state index is -2.93. The molecule has 1 aromatic rings. The zero-order chi connectivity index (χ0) is 15.5. The van der Waals surface area contributed by atoms with E-state index in [1.807, 2.05) is 11.9 Å². The van der Waals surface area contributed by atoms with Crippen LogP contribution in [0.1, 0.15) is 16.9 Å². The number of nitrogens with zero attached hydrogens (tertiary/aromatic N) is 2. The van der Waals surface area contributed by atoms with Gasteiger partial charge in [0.25, 0.3) is 5.91 Å². The average molecular weight is 309 g/mol. The summed E-state index contributed by atoms with van der Waals surface area (Å²) in [7, 11) is -1.10. The SMILES string of the molecule is C=CCNC(=O)c1cc(N(C)C2CCS(=O)(=O)C2)ccn1. The van der Waals surface area contributed by atoms with Crippen molar-refractivity contribution >= 4 is 21.4 Å². The molecule has 1 aromatic heterocycles. The number of anilines is 1. The predicted octanol–water partition coefficient (Wildman–Crippen LogP) is 0.621. The Labute approximate surface area is 124 Å². The summed E-state index contributed by atoms with van der Waals surface area (Å²) in [4.78, 5) is 17.8. The third-order valence-corrected chi connectivity index (χ3v) is 5.30. The standard InChI is InChI=1S/C14H19N3O3S/c1-3-6-16-14(18)13-9-11(4-7-15-13)17(2)12-5-8-21(19,20)10-12/h3-4,7,9,12H,1,5-6,8,10H2,2H3,(H,16,18). The summed E-state index contributed by atoms with van der Waals surface area (Å²) in [5.41, 5.74) is 1.10. The topological polar surface area (TPSA) is 79.4 Å². The number of amides is 1. The molecule has 1 atom stereocenters. The third kappa shape index (κ3) is 3.81. The number of carbonyl (C=O) groups is 1. The van der Waals surface area contributed by atoms with E-state index in [4.69, 9.17) is 0 Å². The summed E-state index contributed by atoms with van der Waals surface area (Å²) in [6, 6.07) is 3.39. The first-order valence-corrected chi connectivity index (χ1v) is 8.53. The molecule has 7 heteroatoms. The van der Waals surface area contributed by atoms with E-state index < -0.39 is 9.84 Å². The Morgan fingerprint density at radius 2 is 2.38 bits per heavy atom. The first-order chi connectivity index (χ1) is 9.93. The second-order valence-electron chi connectivity index (χ2n) is 5.07. The van der Waals surface area contributed by atoms with Gasteiger partial charge in [0.2, 0.25) is 0 Å². The first kappa shape index (κ1) is 15.5. The zero-order valence-corrected chi connectivity index (χ0v) is 12.8. The lowest BCUT2D eigenvalue weighted by atomic mass is 10.2. The molecule has 2 heterocycles. The van der Waals surface area contributed by atoms with E-state index in [2.05, 4.69) is 16.9 Å². The van der Waals surface area contributed by atoms with Gasteiger partial charge in [-0.15, -0.1) is 6.58 Å². The van der Waals surface area contributed by atoms with Gasteiger partial charge >= 0.3 is 0 Å². The van der Waals surface area contributed by atoms with Crippen LogP contribution < -0.4 is 10.2 Å². The highest BCUT2D eigenvalue weighted by Crippen LogP contribution is 2.22. The van der Waals surface area contributed by atoms with Crippen LogP contribution in [-0.4, -0.2) is 50.4 Å². The fourth-order valence-electron chi connectivity index (χ4n) is 2.31. The lowest BCUT2D eigenvalue weighted by Gasteiger charge is -2.25. The predicted molar refractivity (Wildman–Crippen MR) is 82.2 cm³/mol. The minimum Gasteiger partial charge on any atom is -0.370 e. The molecule has 1 fully saturated rings. The van der Waals surface area contributed by atoms with Gasteiger partial charge in [0.05, 0.1) is 11.5 Å². The molecule has 2 rings (SSSR count). The van der Waals surface area contributed by atoms with Crippen LogP contribution in [0.4, 0.5) is 5.69 Å². The Hall–Kier alpha value is -1.89. The maximum atomic E-state index is 11.9. The van der Waals surface area contributed by atoms with Crippen LogP contribution in [0.25, 0.3) is 0 Å². The smallest absolute Gasteiger partial charge is 0.270 e. The van der Waals surface area contributed by atoms with Crippen LogP contribution in [0.3, 0.4) is 0 Å². The summed E-state index contributed by atoms with van der Waals surface area (Å²) in [6.45, 7) is 3.91. The first-order valence-electron chi connectivity index (χ1n) is 6.71. The van der Waals surface area contributed by atoms with E-state index in [-0.39, 0.29) is 23.5 Å². The molecule has 0 saturated carbocycles. The molecule has 0 bridgehead atoms. The van der Waals surface area contributed by atoms with E-state index in [0.29, 0.717) is 18.7 Å². The van der Waals surface area contributed by atoms with E-state index in [1.165, 1.54) is 0 Å². The van der Waals surface area contributed by atoms with Gasteiger partial charge < -0.3 is 10.2 Å². The van der Waals surface area contributed by atoms with E-state index >= 15 is 0 Å². The molecule has 21 heavy (non-hydrogen) atoms. The van der Waals surface area contributed by atoms with Gasteiger partial charge in [-0.25, -0.2) is 8.42 Å². The summed E-state index contributed by atoms with van der Waals surface area (Å²) in [5.74, 6) is 0.105. The fraction of sp³-hybridized carbons (Fsp3) is 0.429. The van der Waals surface area contributed by atoms with Crippen molar-refractivity contribution in [2.24, 2.45) is 0 Å². The van der Waals surface area contributed by atoms with Gasteiger partial charge in [0.1, 0.15) is 5.69 Å². The van der Waals surface area contributed by atoms with Gasteiger partial charge in [-0.3, -0.25) is 9.78 Å².